The maximum atomic E-state index is 12.6. The highest BCUT2D eigenvalue weighted by molar-refractivity contribution is 9.10. The maximum absolute atomic E-state index is 12.6. The van der Waals surface area contributed by atoms with Gasteiger partial charge in [-0.25, -0.2) is 13.1 Å². The molecule has 2 N–H and O–H groups in total. The highest BCUT2D eigenvalue weighted by Gasteiger charge is 2.38. The molecule has 0 radical (unpaired) electrons. The zero-order chi connectivity index (χ0) is 15.5. The molecule has 21 heavy (non-hydrogen) atoms. The molecule has 1 aliphatic rings. The number of sulfonamides is 1. The first kappa shape index (κ1) is 16.5. The summed E-state index contributed by atoms with van der Waals surface area (Å²) >= 11 is 3.23. The fourth-order valence-corrected chi connectivity index (χ4v) is 5.30. The number of carboxylic acids is 1. The second-order valence-electron chi connectivity index (χ2n) is 5.45. The lowest BCUT2D eigenvalue weighted by Gasteiger charge is -2.36. The van der Waals surface area contributed by atoms with Gasteiger partial charge in [0, 0.05) is 10.0 Å². The summed E-state index contributed by atoms with van der Waals surface area (Å²) in [6, 6.07) is 6.53. The Hall–Kier alpha value is -0.920. The Balaban J connectivity index is 2.31. The molecule has 116 valence electrons. The number of hydrogen-bond acceptors (Lipinski definition) is 3. The highest BCUT2D eigenvalue weighted by atomic mass is 79.9. The van der Waals surface area contributed by atoms with E-state index < -0.39 is 21.5 Å². The quantitative estimate of drug-likeness (QED) is 0.828. The second-order valence-corrected chi connectivity index (χ2v) is 7.95. The Kier molecular flexibility index (Phi) is 5.06. The van der Waals surface area contributed by atoms with E-state index in [0.29, 0.717) is 17.3 Å². The van der Waals surface area contributed by atoms with Crippen molar-refractivity contribution in [3.05, 3.63) is 28.7 Å². The van der Waals surface area contributed by atoms with E-state index in [2.05, 4.69) is 20.7 Å². The average Bonchev–Trinajstić information content (AvgIpc) is 2.38. The van der Waals surface area contributed by atoms with E-state index in [1.165, 1.54) is 6.07 Å². The van der Waals surface area contributed by atoms with Gasteiger partial charge in [0.2, 0.25) is 10.0 Å². The predicted molar refractivity (Wildman–Crippen MR) is 82.5 cm³/mol. The molecule has 0 amide bonds. The maximum Gasteiger partial charge on any atom is 0.305 e. The van der Waals surface area contributed by atoms with Crippen molar-refractivity contribution in [2.24, 2.45) is 0 Å². The summed E-state index contributed by atoms with van der Waals surface area (Å²) in [5.74, 6) is -0.980. The van der Waals surface area contributed by atoms with Crippen LogP contribution in [-0.2, 0) is 14.8 Å². The SMILES string of the molecule is O=C(O)CC1(NS(=O)(=O)c2ccccc2Br)CCCCC1. The van der Waals surface area contributed by atoms with Gasteiger partial charge in [-0.15, -0.1) is 0 Å². The third-order valence-corrected chi connectivity index (χ3v) is 6.37. The van der Waals surface area contributed by atoms with Crippen LogP contribution in [0.2, 0.25) is 0 Å². The molecule has 0 atom stereocenters. The van der Waals surface area contributed by atoms with Crippen LogP contribution in [0.3, 0.4) is 0 Å². The van der Waals surface area contributed by atoms with E-state index in [0.717, 1.165) is 19.3 Å². The van der Waals surface area contributed by atoms with Crippen LogP contribution in [0.5, 0.6) is 0 Å². The summed E-state index contributed by atoms with van der Waals surface area (Å²) in [7, 11) is -3.75. The average molecular weight is 376 g/mol. The van der Waals surface area contributed by atoms with E-state index in [4.69, 9.17) is 5.11 Å². The zero-order valence-electron chi connectivity index (χ0n) is 11.5. The van der Waals surface area contributed by atoms with Gasteiger partial charge >= 0.3 is 5.97 Å². The van der Waals surface area contributed by atoms with Crippen LogP contribution in [0.15, 0.2) is 33.6 Å². The van der Waals surface area contributed by atoms with Crippen molar-refractivity contribution in [3.8, 4) is 0 Å². The number of carbonyl (C=O) groups is 1. The van der Waals surface area contributed by atoms with E-state index in [-0.39, 0.29) is 11.3 Å². The van der Waals surface area contributed by atoms with E-state index in [1.807, 2.05) is 0 Å². The van der Waals surface area contributed by atoms with Crippen LogP contribution in [-0.4, -0.2) is 25.0 Å². The van der Waals surface area contributed by atoms with Crippen molar-refractivity contribution in [2.75, 3.05) is 0 Å². The molecule has 7 heteroatoms. The molecule has 0 heterocycles. The third kappa shape index (κ3) is 4.05. The molecular weight excluding hydrogens is 358 g/mol. The number of halogens is 1. The van der Waals surface area contributed by atoms with Gasteiger partial charge in [0.25, 0.3) is 0 Å². The molecule has 5 nitrogen and oxygen atoms in total. The number of aliphatic carboxylic acids is 1. The summed E-state index contributed by atoms with van der Waals surface area (Å²) in [4.78, 5) is 11.3. The minimum absolute atomic E-state index is 0.139. The Morgan fingerprint density at radius 3 is 2.43 bits per heavy atom. The lowest BCUT2D eigenvalue weighted by molar-refractivity contribution is -0.138. The van der Waals surface area contributed by atoms with Crippen molar-refractivity contribution in [1.29, 1.82) is 0 Å². The summed E-state index contributed by atoms with van der Waals surface area (Å²) in [5.41, 5.74) is -0.877. The molecule has 0 spiro atoms. The van der Waals surface area contributed by atoms with Crippen molar-refractivity contribution < 1.29 is 18.3 Å². The van der Waals surface area contributed by atoms with Gasteiger partial charge in [-0.2, -0.15) is 0 Å². The standard InChI is InChI=1S/C14H18BrNO4S/c15-11-6-2-3-7-12(11)21(19,20)16-14(10-13(17)18)8-4-1-5-9-14/h2-3,6-7,16H,1,4-5,8-10H2,(H,17,18). The fourth-order valence-electron chi connectivity index (χ4n) is 2.84. The van der Waals surface area contributed by atoms with E-state index in [9.17, 15) is 13.2 Å². The molecular formula is C14H18BrNO4S. The lowest BCUT2D eigenvalue weighted by atomic mass is 9.80. The molecule has 2 rings (SSSR count). The van der Waals surface area contributed by atoms with Gasteiger partial charge in [0.05, 0.1) is 11.3 Å². The van der Waals surface area contributed by atoms with Gasteiger partial charge in [0.1, 0.15) is 0 Å². The predicted octanol–water partition coefficient (Wildman–Crippen LogP) is 2.91. The Bertz CT molecular complexity index is 624. The normalized spacial score (nSPS) is 18.3. The van der Waals surface area contributed by atoms with Crippen molar-refractivity contribution >= 4 is 31.9 Å². The van der Waals surface area contributed by atoms with Gasteiger partial charge in [-0.1, -0.05) is 31.4 Å². The molecule has 1 saturated carbocycles. The monoisotopic (exact) mass is 375 g/mol. The van der Waals surface area contributed by atoms with Crippen LogP contribution in [0.4, 0.5) is 0 Å². The number of carboxylic acid groups (broad SMARTS) is 1. The van der Waals surface area contributed by atoms with Gasteiger partial charge in [0.15, 0.2) is 0 Å². The molecule has 1 aromatic carbocycles. The Morgan fingerprint density at radius 1 is 1.24 bits per heavy atom. The fraction of sp³-hybridized carbons (Fsp3) is 0.500. The van der Waals surface area contributed by atoms with Crippen LogP contribution < -0.4 is 4.72 Å². The molecule has 1 fully saturated rings. The molecule has 0 unspecified atom stereocenters. The molecule has 1 aliphatic carbocycles. The molecule has 0 aromatic heterocycles. The number of hydrogen-bond donors (Lipinski definition) is 2. The topological polar surface area (TPSA) is 83.5 Å². The number of nitrogens with one attached hydrogen (secondary N) is 1. The largest absolute Gasteiger partial charge is 0.481 e. The molecule has 0 aliphatic heterocycles. The summed E-state index contributed by atoms with van der Waals surface area (Å²) in [6.07, 6.45) is 3.62. The van der Waals surface area contributed by atoms with Crippen LogP contribution in [0, 0.1) is 0 Å². The van der Waals surface area contributed by atoms with Crippen molar-refractivity contribution in [1.82, 2.24) is 4.72 Å². The molecule has 1 aromatic rings. The van der Waals surface area contributed by atoms with Gasteiger partial charge in [-0.05, 0) is 40.9 Å². The number of rotatable bonds is 5. The highest BCUT2D eigenvalue weighted by Crippen LogP contribution is 2.33. The lowest BCUT2D eigenvalue weighted by Crippen LogP contribution is -2.51. The summed E-state index contributed by atoms with van der Waals surface area (Å²) in [5, 5.41) is 9.11. The number of benzene rings is 1. The second kappa shape index (κ2) is 6.46. The zero-order valence-corrected chi connectivity index (χ0v) is 13.9. The van der Waals surface area contributed by atoms with Crippen molar-refractivity contribution in [3.63, 3.8) is 0 Å². The first-order chi connectivity index (χ1) is 9.85. The summed E-state index contributed by atoms with van der Waals surface area (Å²) < 4.78 is 28.3. The van der Waals surface area contributed by atoms with Crippen LogP contribution in [0.1, 0.15) is 38.5 Å². The van der Waals surface area contributed by atoms with Crippen LogP contribution >= 0.6 is 15.9 Å². The Labute approximate surface area is 132 Å². The van der Waals surface area contributed by atoms with Crippen LogP contribution in [0.25, 0.3) is 0 Å². The summed E-state index contributed by atoms with van der Waals surface area (Å²) in [6.45, 7) is 0. The van der Waals surface area contributed by atoms with E-state index >= 15 is 0 Å². The molecule has 0 bridgehead atoms. The minimum Gasteiger partial charge on any atom is -0.481 e. The smallest absolute Gasteiger partial charge is 0.305 e. The van der Waals surface area contributed by atoms with E-state index in [1.54, 1.807) is 18.2 Å². The Morgan fingerprint density at radius 2 is 1.86 bits per heavy atom. The van der Waals surface area contributed by atoms with Gasteiger partial charge in [-0.3, -0.25) is 4.79 Å². The first-order valence-corrected chi connectivity index (χ1v) is 9.13. The minimum atomic E-state index is -3.75. The van der Waals surface area contributed by atoms with Gasteiger partial charge < -0.3 is 5.11 Å². The molecule has 0 saturated heterocycles. The first-order valence-electron chi connectivity index (χ1n) is 6.85. The third-order valence-electron chi connectivity index (χ3n) is 3.78. The van der Waals surface area contributed by atoms with Crippen molar-refractivity contribution in [2.45, 2.75) is 49.0 Å².